The highest BCUT2D eigenvalue weighted by atomic mass is 32.2. The second-order valence-electron chi connectivity index (χ2n) is 5.95. The van der Waals surface area contributed by atoms with Crippen molar-refractivity contribution in [1.29, 1.82) is 0 Å². The minimum atomic E-state index is 0.0344. The number of amides is 1. The van der Waals surface area contributed by atoms with Crippen molar-refractivity contribution in [3.8, 4) is 0 Å². The summed E-state index contributed by atoms with van der Waals surface area (Å²) in [6.07, 6.45) is 3.74. The van der Waals surface area contributed by atoms with Crippen LogP contribution in [-0.4, -0.2) is 27.4 Å². The van der Waals surface area contributed by atoms with Crippen LogP contribution in [0.25, 0.3) is 0 Å². The number of hydrogen-bond acceptors (Lipinski definition) is 3. The highest BCUT2D eigenvalue weighted by molar-refractivity contribution is 7.98. The van der Waals surface area contributed by atoms with Gasteiger partial charge in [-0.25, -0.2) is 4.98 Å². The van der Waals surface area contributed by atoms with Crippen molar-refractivity contribution in [3.05, 3.63) is 83.7 Å². The van der Waals surface area contributed by atoms with Crippen LogP contribution in [0.4, 0.5) is 0 Å². The Bertz CT molecular complexity index is 828. The van der Waals surface area contributed by atoms with Gasteiger partial charge >= 0.3 is 0 Å². The van der Waals surface area contributed by atoms with Crippen molar-refractivity contribution in [2.45, 2.75) is 17.5 Å². The standard InChI is InChI=1S/C20H21N3OS/c1-22-13-12-21-20(22)25-15-17-8-10-18(11-9-17)19(24)23(2)14-16-6-4-3-5-7-16/h3-13H,14-15H2,1-2H3. The molecule has 0 fully saturated rings. The van der Waals surface area contributed by atoms with E-state index in [9.17, 15) is 4.79 Å². The Labute approximate surface area is 152 Å². The highest BCUT2D eigenvalue weighted by Gasteiger charge is 2.12. The lowest BCUT2D eigenvalue weighted by Crippen LogP contribution is -2.26. The third-order valence-electron chi connectivity index (χ3n) is 3.96. The molecule has 0 spiro atoms. The summed E-state index contributed by atoms with van der Waals surface area (Å²) < 4.78 is 2.00. The van der Waals surface area contributed by atoms with Crippen molar-refractivity contribution in [2.75, 3.05) is 7.05 Å². The molecule has 0 unspecified atom stereocenters. The van der Waals surface area contributed by atoms with Gasteiger partial charge < -0.3 is 9.47 Å². The number of carbonyl (C=O) groups is 1. The van der Waals surface area contributed by atoms with Gasteiger partial charge in [-0.05, 0) is 23.3 Å². The Balaban J connectivity index is 1.59. The van der Waals surface area contributed by atoms with Gasteiger partial charge in [-0.1, -0.05) is 54.2 Å². The zero-order valence-corrected chi connectivity index (χ0v) is 15.2. The zero-order chi connectivity index (χ0) is 17.6. The molecular formula is C20H21N3OS. The normalized spacial score (nSPS) is 10.6. The van der Waals surface area contributed by atoms with E-state index < -0.39 is 0 Å². The third-order valence-corrected chi connectivity index (χ3v) is 5.08. The second-order valence-corrected chi connectivity index (χ2v) is 6.90. The molecule has 3 aromatic rings. The molecule has 25 heavy (non-hydrogen) atoms. The number of imidazole rings is 1. The minimum Gasteiger partial charge on any atom is -0.337 e. The van der Waals surface area contributed by atoms with Crippen molar-refractivity contribution in [1.82, 2.24) is 14.5 Å². The van der Waals surface area contributed by atoms with Crippen LogP contribution in [0.3, 0.4) is 0 Å². The first kappa shape index (κ1) is 17.3. The summed E-state index contributed by atoms with van der Waals surface area (Å²) in [5, 5.41) is 0.989. The van der Waals surface area contributed by atoms with Crippen molar-refractivity contribution in [3.63, 3.8) is 0 Å². The van der Waals surface area contributed by atoms with Crippen LogP contribution in [0.5, 0.6) is 0 Å². The molecular weight excluding hydrogens is 330 g/mol. The van der Waals surface area contributed by atoms with Crippen LogP contribution < -0.4 is 0 Å². The largest absolute Gasteiger partial charge is 0.337 e. The quantitative estimate of drug-likeness (QED) is 0.630. The highest BCUT2D eigenvalue weighted by Crippen LogP contribution is 2.21. The summed E-state index contributed by atoms with van der Waals surface area (Å²) >= 11 is 1.69. The van der Waals surface area contributed by atoms with Gasteiger partial charge in [0.15, 0.2) is 5.16 Å². The fourth-order valence-corrected chi connectivity index (χ4v) is 3.42. The van der Waals surface area contributed by atoms with Gasteiger partial charge in [0.25, 0.3) is 5.91 Å². The second kappa shape index (κ2) is 8.03. The molecule has 3 rings (SSSR count). The first-order valence-electron chi connectivity index (χ1n) is 8.12. The van der Waals surface area contributed by atoms with Crippen LogP contribution in [-0.2, 0) is 19.3 Å². The predicted molar refractivity (Wildman–Crippen MR) is 101 cm³/mol. The van der Waals surface area contributed by atoms with Crippen LogP contribution in [0.2, 0.25) is 0 Å². The number of rotatable bonds is 6. The Kier molecular flexibility index (Phi) is 5.56. The Morgan fingerprint density at radius 2 is 1.80 bits per heavy atom. The fourth-order valence-electron chi connectivity index (χ4n) is 2.53. The Morgan fingerprint density at radius 1 is 1.08 bits per heavy atom. The molecule has 0 aliphatic rings. The SMILES string of the molecule is CN(Cc1ccccc1)C(=O)c1ccc(CSc2nccn2C)cc1. The van der Waals surface area contributed by atoms with E-state index in [2.05, 4.69) is 4.98 Å². The lowest BCUT2D eigenvalue weighted by Gasteiger charge is -2.17. The molecule has 0 bridgehead atoms. The van der Waals surface area contributed by atoms with Crippen molar-refractivity contribution in [2.24, 2.45) is 7.05 Å². The van der Waals surface area contributed by atoms with E-state index in [0.717, 1.165) is 16.5 Å². The molecule has 0 N–H and O–H groups in total. The summed E-state index contributed by atoms with van der Waals surface area (Å²) in [5.41, 5.74) is 3.01. The maximum Gasteiger partial charge on any atom is 0.253 e. The van der Waals surface area contributed by atoms with E-state index in [1.54, 1.807) is 22.9 Å². The van der Waals surface area contributed by atoms with Crippen LogP contribution >= 0.6 is 11.8 Å². The maximum atomic E-state index is 12.6. The monoisotopic (exact) mass is 351 g/mol. The summed E-state index contributed by atoms with van der Waals surface area (Å²) in [7, 11) is 3.82. The van der Waals surface area contributed by atoms with E-state index in [-0.39, 0.29) is 5.91 Å². The number of carbonyl (C=O) groups excluding carboxylic acids is 1. The van der Waals surface area contributed by atoms with Gasteiger partial charge in [0.05, 0.1) is 0 Å². The first-order chi connectivity index (χ1) is 12.1. The lowest BCUT2D eigenvalue weighted by atomic mass is 10.1. The van der Waals surface area contributed by atoms with E-state index in [1.165, 1.54) is 5.56 Å². The van der Waals surface area contributed by atoms with E-state index in [0.29, 0.717) is 12.1 Å². The molecule has 4 nitrogen and oxygen atoms in total. The molecule has 0 saturated carbocycles. The molecule has 0 saturated heterocycles. The van der Waals surface area contributed by atoms with Gasteiger partial charge in [-0.2, -0.15) is 0 Å². The summed E-state index contributed by atoms with van der Waals surface area (Å²) in [4.78, 5) is 18.6. The van der Waals surface area contributed by atoms with Gasteiger partial charge in [0.1, 0.15) is 0 Å². The molecule has 1 heterocycles. The molecule has 0 radical (unpaired) electrons. The molecule has 0 atom stereocenters. The van der Waals surface area contributed by atoms with Crippen molar-refractivity contribution >= 4 is 17.7 Å². The Morgan fingerprint density at radius 3 is 2.44 bits per heavy atom. The average Bonchev–Trinajstić information content (AvgIpc) is 3.05. The van der Waals surface area contributed by atoms with Gasteiger partial charge in [-0.3, -0.25) is 4.79 Å². The number of benzene rings is 2. The van der Waals surface area contributed by atoms with Gasteiger partial charge in [0.2, 0.25) is 0 Å². The molecule has 1 aromatic heterocycles. The molecule has 128 valence electrons. The van der Waals surface area contributed by atoms with E-state index in [1.807, 2.05) is 79.5 Å². The first-order valence-corrected chi connectivity index (χ1v) is 9.10. The molecule has 5 heteroatoms. The summed E-state index contributed by atoms with van der Waals surface area (Å²) in [6.45, 7) is 0.608. The topological polar surface area (TPSA) is 38.1 Å². The number of nitrogens with zero attached hydrogens (tertiary/aromatic N) is 3. The third kappa shape index (κ3) is 4.51. The summed E-state index contributed by atoms with van der Waals surface area (Å²) in [6, 6.07) is 17.8. The van der Waals surface area contributed by atoms with Gasteiger partial charge in [0, 0.05) is 44.4 Å². The minimum absolute atomic E-state index is 0.0344. The van der Waals surface area contributed by atoms with E-state index in [4.69, 9.17) is 0 Å². The number of thioether (sulfide) groups is 1. The van der Waals surface area contributed by atoms with Crippen molar-refractivity contribution < 1.29 is 4.79 Å². The molecule has 0 aliphatic carbocycles. The zero-order valence-electron chi connectivity index (χ0n) is 14.4. The average molecular weight is 351 g/mol. The molecule has 1 amide bonds. The van der Waals surface area contributed by atoms with Crippen LogP contribution in [0.1, 0.15) is 21.5 Å². The molecule has 2 aromatic carbocycles. The van der Waals surface area contributed by atoms with Crippen LogP contribution in [0, 0.1) is 0 Å². The fraction of sp³-hybridized carbons (Fsp3) is 0.200. The maximum absolute atomic E-state index is 12.6. The van der Waals surface area contributed by atoms with E-state index >= 15 is 0 Å². The predicted octanol–water partition coefficient (Wildman–Crippen LogP) is 3.98. The number of hydrogen-bond donors (Lipinski definition) is 0. The Hall–Kier alpha value is -2.53. The van der Waals surface area contributed by atoms with Crippen LogP contribution in [0.15, 0.2) is 72.1 Å². The molecule has 0 aliphatic heterocycles. The lowest BCUT2D eigenvalue weighted by molar-refractivity contribution is 0.0785. The summed E-state index contributed by atoms with van der Waals surface area (Å²) in [5.74, 6) is 0.867. The number of aryl methyl sites for hydroxylation is 1. The number of aromatic nitrogens is 2. The smallest absolute Gasteiger partial charge is 0.253 e. The van der Waals surface area contributed by atoms with Gasteiger partial charge in [-0.15, -0.1) is 0 Å².